The number of aliphatic hydroxyl groups is 1. The van der Waals surface area contributed by atoms with Crippen molar-refractivity contribution in [1.82, 2.24) is 9.55 Å². The van der Waals surface area contributed by atoms with Crippen LogP contribution in [0.5, 0.6) is 0 Å². The van der Waals surface area contributed by atoms with Crippen LogP contribution in [0.15, 0.2) is 29.1 Å². The molecule has 1 aromatic carbocycles. The third kappa shape index (κ3) is 2.75. The Morgan fingerprint density at radius 1 is 1.19 bits per heavy atom. The summed E-state index contributed by atoms with van der Waals surface area (Å²) in [6.07, 6.45) is 0.625. The van der Waals surface area contributed by atoms with Crippen LogP contribution in [0.25, 0.3) is 22.3 Å². The van der Waals surface area contributed by atoms with Gasteiger partial charge in [0.25, 0.3) is 5.56 Å². The summed E-state index contributed by atoms with van der Waals surface area (Å²) in [6.45, 7) is 3.61. The predicted octanol–water partition coefficient (Wildman–Crippen LogP) is 1.44. The van der Waals surface area contributed by atoms with Crippen molar-refractivity contribution in [2.45, 2.75) is 45.4 Å². The van der Waals surface area contributed by atoms with E-state index in [0.717, 1.165) is 11.1 Å². The van der Waals surface area contributed by atoms with Gasteiger partial charge in [-0.1, -0.05) is 13.8 Å². The number of cyclic esters (lactones) is 1. The minimum Gasteiger partial charge on any atom is -0.458 e. The number of aromatic nitrogens is 2. The number of pyridine rings is 2. The zero-order valence-corrected chi connectivity index (χ0v) is 18.3. The Kier molecular flexibility index (Phi) is 4.49. The highest BCUT2D eigenvalue weighted by Gasteiger charge is 2.45. The SMILES string of the molecule is CCc1c2c(nc3ccc(P(=O)(O)O)cc13)-c1cc3c(c(=O)n1C2)COC(=O)[C@]3(O)CC. The molecule has 32 heavy (non-hydrogen) atoms. The van der Waals surface area contributed by atoms with Crippen LogP contribution in [0, 0.1) is 0 Å². The normalized spacial score (nSPS) is 19.5. The average molecular weight is 456 g/mol. The van der Waals surface area contributed by atoms with E-state index in [9.17, 15) is 29.0 Å². The monoisotopic (exact) mass is 456 g/mol. The number of hydrogen-bond donors (Lipinski definition) is 3. The summed E-state index contributed by atoms with van der Waals surface area (Å²) < 4.78 is 18.4. The van der Waals surface area contributed by atoms with Crippen molar-refractivity contribution in [1.29, 1.82) is 0 Å². The molecule has 2 aliphatic rings. The van der Waals surface area contributed by atoms with Gasteiger partial charge in [0.15, 0.2) is 5.60 Å². The van der Waals surface area contributed by atoms with Gasteiger partial charge >= 0.3 is 13.6 Å². The van der Waals surface area contributed by atoms with E-state index in [2.05, 4.69) is 0 Å². The van der Waals surface area contributed by atoms with Gasteiger partial charge < -0.3 is 24.2 Å². The zero-order valence-electron chi connectivity index (χ0n) is 17.5. The first-order valence-electron chi connectivity index (χ1n) is 10.3. The Labute approximate surface area is 182 Å². The number of esters is 1. The molecule has 9 nitrogen and oxygen atoms in total. The van der Waals surface area contributed by atoms with Gasteiger partial charge in [-0.25, -0.2) is 9.78 Å². The van der Waals surface area contributed by atoms with E-state index in [1.807, 2.05) is 6.92 Å². The molecular formula is C22H21N2O7P. The maximum absolute atomic E-state index is 13.3. The maximum Gasteiger partial charge on any atom is 0.356 e. The van der Waals surface area contributed by atoms with Crippen LogP contribution in [0.3, 0.4) is 0 Å². The van der Waals surface area contributed by atoms with E-state index >= 15 is 0 Å². The fraction of sp³-hybridized carbons (Fsp3) is 0.318. The number of carbonyl (C=O) groups is 1. The van der Waals surface area contributed by atoms with Gasteiger partial charge in [-0.05, 0) is 42.7 Å². The van der Waals surface area contributed by atoms with Crippen molar-refractivity contribution >= 4 is 29.8 Å². The third-order valence-electron chi connectivity index (χ3n) is 6.48. The molecule has 3 aromatic rings. The van der Waals surface area contributed by atoms with Crippen LogP contribution in [0.1, 0.15) is 42.5 Å². The highest BCUT2D eigenvalue weighted by Crippen LogP contribution is 2.41. The van der Waals surface area contributed by atoms with E-state index in [4.69, 9.17) is 9.72 Å². The molecular weight excluding hydrogens is 435 g/mol. The number of benzene rings is 1. The summed E-state index contributed by atoms with van der Waals surface area (Å²) in [6, 6.07) is 6.01. The van der Waals surface area contributed by atoms with Gasteiger partial charge in [-0.15, -0.1) is 0 Å². The maximum atomic E-state index is 13.3. The van der Waals surface area contributed by atoms with Crippen LogP contribution < -0.4 is 10.9 Å². The quantitative estimate of drug-likeness (QED) is 0.311. The zero-order chi connectivity index (χ0) is 23.0. The van der Waals surface area contributed by atoms with Crippen molar-refractivity contribution in [2.24, 2.45) is 0 Å². The first-order valence-corrected chi connectivity index (χ1v) is 11.9. The number of ether oxygens (including phenoxy) is 1. The van der Waals surface area contributed by atoms with E-state index in [-0.39, 0.29) is 41.6 Å². The summed E-state index contributed by atoms with van der Waals surface area (Å²) in [5, 5.41) is 11.5. The van der Waals surface area contributed by atoms with Gasteiger partial charge in [0.05, 0.1) is 34.3 Å². The molecule has 1 atom stereocenters. The molecule has 10 heteroatoms. The Balaban J connectivity index is 1.80. The molecule has 0 amide bonds. The van der Waals surface area contributed by atoms with E-state index in [1.165, 1.54) is 12.1 Å². The van der Waals surface area contributed by atoms with E-state index < -0.39 is 19.2 Å². The first kappa shape index (κ1) is 21.0. The molecule has 0 aliphatic carbocycles. The Bertz CT molecular complexity index is 1440. The molecule has 0 unspecified atom stereocenters. The number of fused-ring (bicyclic) bond motifs is 5. The second-order valence-electron chi connectivity index (χ2n) is 8.12. The minimum atomic E-state index is -4.43. The average Bonchev–Trinajstić information content (AvgIpc) is 3.12. The molecule has 0 spiro atoms. The third-order valence-corrected chi connectivity index (χ3v) is 7.43. The fourth-order valence-electron chi connectivity index (χ4n) is 4.73. The molecule has 0 fully saturated rings. The molecule has 166 valence electrons. The molecule has 2 aromatic heterocycles. The van der Waals surface area contributed by atoms with Gasteiger partial charge in [-0.2, -0.15) is 0 Å². The van der Waals surface area contributed by atoms with Crippen LogP contribution in [-0.4, -0.2) is 30.4 Å². The Morgan fingerprint density at radius 3 is 2.59 bits per heavy atom. The molecule has 0 saturated heterocycles. The molecule has 2 aliphatic heterocycles. The largest absolute Gasteiger partial charge is 0.458 e. The molecule has 0 saturated carbocycles. The van der Waals surface area contributed by atoms with Crippen LogP contribution in [0.2, 0.25) is 0 Å². The smallest absolute Gasteiger partial charge is 0.356 e. The first-order chi connectivity index (χ1) is 15.1. The summed E-state index contributed by atoms with van der Waals surface area (Å²) in [5.74, 6) is -0.777. The van der Waals surface area contributed by atoms with Gasteiger partial charge in [-0.3, -0.25) is 9.36 Å². The minimum absolute atomic E-state index is 0.0606. The molecule has 0 radical (unpaired) electrons. The second kappa shape index (κ2) is 6.83. The van der Waals surface area contributed by atoms with Crippen LogP contribution >= 0.6 is 7.60 Å². The lowest BCUT2D eigenvalue weighted by atomic mass is 9.86. The molecule has 3 N–H and O–H groups in total. The molecule has 4 heterocycles. The molecule has 5 rings (SSSR count). The highest BCUT2D eigenvalue weighted by atomic mass is 31.2. The van der Waals surface area contributed by atoms with Crippen LogP contribution in [-0.2, 0) is 39.3 Å². The van der Waals surface area contributed by atoms with Crippen molar-refractivity contribution in [2.75, 3.05) is 0 Å². The topological polar surface area (TPSA) is 139 Å². The van der Waals surface area contributed by atoms with Crippen LogP contribution in [0.4, 0.5) is 0 Å². The summed E-state index contributed by atoms with van der Waals surface area (Å²) in [5.41, 5.74) is 1.49. The van der Waals surface area contributed by atoms with E-state index in [0.29, 0.717) is 28.7 Å². The Hall–Kier alpha value is -2.84. The van der Waals surface area contributed by atoms with Crippen molar-refractivity contribution in [3.05, 3.63) is 56.9 Å². The van der Waals surface area contributed by atoms with Crippen molar-refractivity contribution in [3.63, 3.8) is 0 Å². The summed E-state index contributed by atoms with van der Waals surface area (Å²) in [4.78, 5) is 49.5. The van der Waals surface area contributed by atoms with Gasteiger partial charge in [0.1, 0.15) is 6.61 Å². The van der Waals surface area contributed by atoms with Gasteiger partial charge in [0.2, 0.25) is 0 Å². The number of nitrogens with zero attached hydrogens (tertiary/aromatic N) is 2. The fourth-order valence-corrected chi connectivity index (χ4v) is 5.30. The standard InChI is InChI=1S/C22H21N2O7P/c1-3-12-13-7-11(32(28,29)30)5-6-17(13)23-19-14(12)9-24-18(19)8-16-15(20(24)25)10-31-21(26)22(16,27)4-2/h5-8,27H,3-4,9-10H2,1-2H3,(H2,28,29,30)/t22-/m0/s1. The molecule has 0 bridgehead atoms. The lowest BCUT2D eigenvalue weighted by Crippen LogP contribution is -2.44. The summed E-state index contributed by atoms with van der Waals surface area (Å²) in [7, 11) is -4.43. The van der Waals surface area contributed by atoms with Crippen molar-refractivity contribution in [3.8, 4) is 11.4 Å². The lowest BCUT2D eigenvalue weighted by Gasteiger charge is -2.31. The number of aryl methyl sites for hydroxylation is 1. The lowest BCUT2D eigenvalue weighted by molar-refractivity contribution is -0.172. The summed E-state index contributed by atoms with van der Waals surface area (Å²) >= 11 is 0. The predicted molar refractivity (Wildman–Crippen MR) is 116 cm³/mol. The highest BCUT2D eigenvalue weighted by molar-refractivity contribution is 7.60. The number of rotatable bonds is 3. The Morgan fingerprint density at radius 2 is 1.94 bits per heavy atom. The second-order valence-corrected chi connectivity index (χ2v) is 9.72. The number of hydrogen-bond acceptors (Lipinski definition) is 6. The van der Waals surface area contributed by atoms with Crippen molar-refractivity contribution < 1.29 is 29.0 Å². The van der Waals surface area contributed by atoms with E-state index in [1.54, 1.807) is 23.6 Å². The number of carbonyl (C=O) groups excluding carboxylic acids is 1. The van der Waals surface area contributed by atoms with Gasteiger partial charge in [0, 0.05) is 16.5 Å².